The summed E-state index contributed by atoms with van der Waals surface area (Å²) in [5, 5.41) is 10.4. The predicted molar refractivity (Wildman–Crippen MR) is 64.4 cm³/mol. The number of aliphatic hydroxyl groups is 1. The van der Waals surface area contributed by atoms with Crippen LogP contribution in [0.15, 0.2) is 16.6 Å². The topological polar surface area (TPSA) is 20.2 Å². The molecule has 1 aromatic carbocycles. The Hall–Kier alpha value is -0.0600. The maximum atomic E-state index is 13.6. The molecule has 15 heavy (non-hydrogen) atoms. The Labute approximate surface area is 101 Å². The first-order valence-corrected chi connectivity index (χ1v) is 6.70. The van der Waals surface area contributed by atoms with Crippen molar-refractivity contribution in [2.45, 2.75) is 30.5 Å². The third-order valence-electron chi connectivity index (χ3n) is 2.65. The number of hydrogen-bond acceptors (Lipinski definition) is 2. The van der Waals surface area contributed by atoms with E-state index in [4.69, 9.17) is 0 Å². The largest absolute Gasteiger partial charge is 0.388 e. The van der Waals surface area contributed by atoms with Crippen LogP contribution in [-0.4, -0.2) is 10.4 Å². The van der Waals surface area contributed by atoms with E-state index in [0.717, 1.165) is 10.0 Å². The van der Waals surface area contributed by atoms with Crippen LogP contribution >= 0.6 is 27.7 Å². The normalized spacial score (nSPS) is 25.9. The number of rotatable bonds is 0. The molecule has 2 rings (SSSR count). The van der Waals surface area contributed by atoms with Gasteiger partial charge >= 0.3 is 0 Å². The van der Waals surface area contributed by atoms with Crippen LogP contribution in [0.2, 0.25) is 0 Å². The van der Waals surface area contributed by atoms with Crippen molar-refractivity contribution in [2.75, 3.05) is 0 Å². The van der Waals surface area contributed by atoms with Crippen molar-refractivity contribution in [1.82, 2.24) is 0 Å². The minimum absolute atomic E-state index is 0.214. The van der Waals surface area contributed by atoms with Crippen LogP contribution in [0.5, 0.6) is 0 Å². The first-order chi connectivity index (χ1) is 7.09. The fraction of sp³-hybridized carbons (Fsp3) is 0.455. The summed E-state index contributed by atoms with van der Waals surface area (Å²) in [6.07, 6.45) is 0.120. The molecule has 0 saturated carbocycles. The van der Waals surface area contributed by atoms with Crippen LogP contribution in [0.25, 0.3) is 0 Å². The zero-order valence-corrected chi connectivity index (χ0v) is 10.7. The fourth-order valence-electron chi connectivity index (χ4n) is 1.84. The highest BCUT2D eigenvalue weighted by atomic mass is 79.9. The molecule has 0 fully saturated rings. The van der Waals surface area contributed by atoms with Crippen LogP contribution in [0, 0.1) is 5.82 Å². The highest BCUT2D eigenvalue weighted by Crippen LogP contribution is 2.39. The molecule has 0 radical (unpaired) electrons. The van der Waals surface area contributed by atoms with Crippen molar-refractivity contribution < 1.29 is 9.50 Å². The molecule has 0 bridgehead atoms. The van der Waals surface area contributed by atoms with E-state index in [1.807, 2.05) is 0 Å². The smallest absolute Gasteiger partial charge is 0.127 e. The summed E-state index contributed by atoms with van der Waals surface area (Å²) < 4.78 is 14.4. The van der Waals surface area contributed by atoms with E-state index in [1.54, 1.807) is 17.8 Å². The number of fused-ring (bicyclic) bond motifs is 1. The molecule has 0 aromatic heterocycles. The first kappa shape index (κ1) is 11.4. The van der Waals surface area contributed by atoms with E-state index in [0.29, 0.717) is 23.0 Å². The molecule has 0 saturated heterocycles. The van der Waals surface area contributed by atoms with E-state index >= 15 is 0 Å². The number of halogens is 2. The second-order valence-electron chi connectivity index (χ2n) is 3.79. The fourth-order valence-corrected chi connectivity index (χ4v) is 3.54. The van der Waals surface area contributed by atoms with E-state index in [2.05, 4.69) is 22.9 Å². The van der Waals surface area contributed by atoms with Crippen molar-refractivity contribution in [2.24, 2.45) is 0 Å². The molecule has 0 spiro atoms. The molecular weight excluding hydrogens is 279 g/mol. The van der Waals surface area contributed by atoms with Crippen molar-refractivity contribution in [1.29, 1.82) is 0 Å². The lowest BCUT2D eigenvalue weighted by Crippen LogP contribution is -2.05. The average Bonchev–Trinajstić information content (AvgIpc) is 2.32. The van der Waals surface area contributed by atoms with E-state index < -0.39 is 6.10 Å². The SMILES string of the molecule is CC1C[C@@H](O)c2c(Br)ccc(F)c2CS1. The molecule has 0 aliphatic carbocycles. The Morgan fingerprint density at radius 2 is 2.27 bits per heavy atom. The van der Waals surface area contributed by atoms with Crippen LogP contribution in [0.3, 0.4) is 0 Å². The molecule has 1 nitrogen and oxygen atoms in total. The van der Waals surface area contributed by atoms with Gasteiger partial charge in [-0.25, -0.2) is 4.39 Å². The van der Waals surface area contributed by atoms with Gasteiger partial charge in [-0.15, -0.1) is 0 Å². The van der Waals surface area contributed by atoms with Gasteiger partial charge in [-0.2, -0.15) is 11.8 Å². The Morgan fingerprint density at radius 1 is 1.53 bits per heavy atom. The minimum Gasteiger partial charge on any atom is -0.388 e. The maximum absolute atomic E-state index is 13.6. The van der Waals surface area contributed by atoms with E-state index in [-0.39, 0.29) is 5.82 Å². The van der Waals surface area contributed by atoms with Crippen molar-refractivity contribution in [3.05, 3.63) is 33.5 Å². The third-order valence-corrected chi connectivity index (χ3v) is 4.56. The Bertz CT molecular complexity index is 383. The van der Waals surface area contributed by atoms with Crippen LogP contribution in [-0.2, 0) is 5.75 Å². The number of benzene rings is 1. The predicted octanol–water partition coefficient (Wildman–Crippen LogP) is 3.65. The standard InChI is InChI=1S/C11H12BrFOS/c1-6-4-10(14)11-7(5-15-6)9(13)3-2-8(11)12/h2-3,6,10,14H,4-5H2,1H3/t6?,10-/m1/s1. The zero-order valence-electron chi connectivity index (χ0n) is 8.34. The lowest BCUT2D eigenvalue weighted by molar-refractivity contribution is 0.167. The van der Waals surface area contributed by atoms with Crippen molar-refractivity contribution in [3.63, 3.8) is 0 Å². The van der Waals surface area contributed by atoms with Gasteiger partial charge in [0.15, 0.2) is 0 Å². The molecule has 1 aliphatic heterocycles. The van der Waals surface area contributed by atoms with E-state index in [9.17, 15) is 9.50 Å². The molecule has 1 aromatic rings. The highest BCUT2D eigenvalue weighted by Gasteiger charge is 2.25. The van der Waals surface area contributed by atoms with Crippen LogP contribution < -0.4 is 0 Å². The number of thioether (sulfide) groups is 1. The summed E-state index contributed by atoms with van der Waals surface area (Å²) in [5.74, 6) is 0.424. The molecule has 0 amide bonds. The lowest BCUT2D eigenvalue weighted by Gasteiger charge is -2.14. The van der Waals surface area contributed by atoms with Gasteiger partial charge in [-0.3, -0.25) is 0 Å². The molecule has 82 valence electrons. The third kappa shape index (κ3) is 2.22. The molecular formula is C11H12BrFOS. The van der Waals surface area contributed by atoms with Gasteiger partial charge in [0, 0.05) is 26.6 Å². The highest BCUT2D eigenvalue weighted by molar-refractivity contribution is 9.10. The summed E-state index contributed by atoms with van der Waals surface area (Å²) in [6, 6.07) is 3.12. The van der Waals surface area contributed by atoms with Gasteiger partial charge in [0.1, 0.15) is 5.82 Å². The lowest BCUT2D eigenvalue weighted by atomic mass is 10.00. The van der Waals surface area contributed by atoms with Gasteiger partial charge in [0.25, 0.3) is 0 Å². The molecule has 2 atom stereocenters. The van der Waals surface area contributed by atoms with Gasteiger partial charge in [0.05, 0.1) is 6.10 Å². The van der Waals surface area contributed by atoms with Gasteiger partial charge in [-0.1, -0.05) is 22.9 Å². The zero-order chi connectivity index (χ0) is 11.0. The monoisotopic (exact) mass is 290 g/mol. The summed E-state index contributed by atoms with van der Waals surface area (Å²) >= 11 is 5.06. The van der Waals surface area contributed by atoms with Crippen LogP contribution in [0.1, 0.15) is 30.6 Å². The summed E-state index contributed by atoms with van der Waals surface area (Å²) in [4.78, 5) is 0. The van der Waals surface area contributed by atoms with Crippen molar-refractivity contribution >= 4 is 27.7 Å². The van der Waals surface area contributed by atoms with E-state index in [1.165, 1.54) is 6.07 Å². The van der Waals surface area contributed by atoms with Gasteiger partial charge in [0.2, 0.25) is 0 Å². The Kier molecular flexibility index (Phi) is 3.38. The molecule has 1 heterocycles. The average molecular weight is 291 g/mol. The second kappa shape index (κ2) is 4.44. The number of aliphatic hydroxyl groups excluding tert-OH is 1. The quantitative estimate of drug-likeness (QED) is 0.787. The Balaban J connectivity index is 2.52. The molecule has 4 heteroatoms. The summed E-state index contributed by atoms with van der Waals surface area (Å²) in [5.41, 5.74) is 1.37. The Morgan fingerprint density at radius 3 is 3.00 bits per heavy atom. The second-order valence-corrected chi connectivity index (χ2v) is 6.08. The molecule has 1 aliphatic rings. The first-order valence-electron chi connectivity index (χ1n) is 4.86. The molecule has 1 unspecified atom stereocenters. The minimum atomic E-state index is -0.560. The number of hydrogen-bond donors (Lipinski definition) is 1. The van der Waals surface area contributed by atoms with Gasteiger partial charge < -0.3 is 5.11 Å². The van der Waals surface area contributed by atoms with Crippen molar-refractivity contribution in [3.8, 4) is 0 Å². The molecule has 1 N–H and O–H groups in total. The van der Waals surface area contributed by atoms with Gasteiger partial charge in [-0.05, 0) is 18.6 Å². The van der Waals surface area contributed by atoms with Crippen LogP contribution in [0.4, 0.5) is 4.39 Å². The summed E-state index contributed by atoms with van der Waals surface area (Å²) in [7, 11) is 0. The maximum Gasteiger partial charge on any atom is 0.127 e. The summed E-state index contributed by atoms with van der Waals surface area (Å²) in [6.45, 7) is 2.06.